The topological polar surface area (TPSA) is 139 Å². The van der Waals surface area contributed by atoms with E-state index in [2.05, 4.69) is 5.32 Å². The van der Waals surface area contributed by atoms with Crippen molar-refractivity contribution >= 4 is 68.0 Å². The zero-order chi connectivity index (χ0) is 37.6. The van der Waals surface area contributed by atoms with Crippen LogP contribution >= 0.6 is 34.8 Å². The van der Waals surface area contributed by atoms with E-state index in [9.17, 15) is 28.1 Å². The van der Waals surface area contributed by atoms with Crippen molar-refractivity contribution in [3.05, 3.63) is 127 Å². The molecule has 15 heteroatoms. The third kappa shape index (κ3) is 8.98. The first kappa shape index (κ1) is 38.9. The molecule has 52 heavy (non-hydrogen) atoms. The number of hydrogen-bond acceptors (Lipinski definition) is 7. The van der Waals surface area contributed by atoms with Gasteiger partial charge in [-0.3, -0.25) is 24.0 Å². The first-order valence-electron chi connectivity index (χ1n) is 16.5. The summed E-state index contributed by atoms with van der Waals surface area (Å²) in [4.78, 5) is 41.1. The largest absolute Gasteiger partial charge is 0.495 e. The number of benzene rings is 4. The highest BCUT2D eigenvalue weighted by atomic mass is 35.5. The lowest BCUT2D eigenvalue weighted by atomic mass is 10.0. The molecule has 0 radical (unpaired) electrons. The molecule has 1 atom stereocenters. The molecule has 0 spiro atoms. The van der Waals surface area contributed by atoms with Crippen LogP contribution in [0.4, 0.5) is 11.4 Å². The van der Waals surface area contributed by atoms with Crippen LogP contribution in [0.2, 0.25) is 15.1 Å². The van der Waals surface area contributed by atoms with E-state index in [0.717, 1.165) is 41.6 Å². The van der Waals surface area contributed by atoms with Gasteiger partial charge in [0.15, 0.2) is 0 Å². The zero-order valence-corrected chi connectivity index (χ0v) is 31.5. The van der Waals surface area contributed by atoms with Gasteiger partial charge in [-0.15, -0.1) is 0 Å². The van der Waals surface area contributed by atoms with Gasteiger partial charge in [0.25, 0.3) is 15.7 Å². The number of nitrogens with one attached hydrogen (secondary N) is 1. The fourth-order valence-corrected chi connectivity index (χ4v) is 8.34. The minimum atomic E-state index is -4.73. The van der Waals surface area contributed by atoms with Crippen LogP contribution in [-0.4, -0.2) is 55.8 Å². The van der Waals surface area contributed by atoms with Crippen molar-refractivity contribution in [2.45, 2.75) is 62.6 Å². The SMILES string of the molecule is COc1ccc(Cl)cc1N(CC(=O)N(Cc1c(Cl)cccc1Cl)[C@@H](Cc1ccccc1)C(=O)NC1CCCC1)S(=O)(=O)c1ccc(C)c([N+](=O)[O-])c1. The molecule has 0 bridgehead atoms. The first-order chi connectivity index (χ1) is 24.8. The van der Waals surface area contributed by atoms with Crippen LogP contribution in [0.25, 0.3) is 0 Å². The number of halogens is 3. The number of nitro benzene ring substituents is 1. The molecule has 0 heterocycles. The number of amides is 2. The van der Waals surface area contributed by atoms with Crippen LogP contribution in [0, 0.1) is 17.0 Å². The normalized spacial score (nSPS) is 13.7. The molecule has 0 aromatic heterocycles. The van der Waals surface area contributed by atoms with E-state index in [1.807, 2.05) is 30.3 Å². The molecule has 11 nitrogen and oxygen atoms in total. The lowest BCUT2D eigenvalue weighted by molar-refractivity contribution is -0.385. The molecule has 1 aliphatic carbocycles. The molecule has 1 N–H and O–H groups in total. The van der Waals surface area contributed by atoms with E-state index < -0.39 is 49.9 Å². The summed E-state index contributed by atoms with van der Waals surface area (Å²) in [6.45, 7) is 0.380. The van der Waals surface area contributed by atoms with Gasteiger partial charge in [0.05, 0.1) is 22.6 Å². The van der Waals surface area contributed by atoms with Crippen LogP contribution in [0.15, 0.2) is 89.8 Å². The van der Waals surface area contributed by atoms with E-state index in [1.165, 1.54) is 49.3 Å². The van der Waals surface area contributed by atoms with Crippen molar-refractivity contribution in [2.75, 3.05) is 18.0 Å². The van der Waals surface area contributed by atoms with E-state index in [4.69, 9.17) is 39.5 Å². The molecule has 274 valence electrons. The Kier molecular flexibility index (Phi) is 12.7. The molecule has 0 saturated heterocycles. The number of methoxy groups -OCH3 is 1. The molecule has 4 aromatic carbocycles. The number of nitro groups is 1. The second-order valence-corrected chi connectivity index (χ2v) is 15.6. The minimum absolute atomic E-state index is 0.0582. The number of hydrogen-bond donors (Lipinski definition) is 1. The number of nitrogens with zero attached hydrogens (tertiary/aromatic N) is 3. The van der Waals surface area contributed by atoms with E-state index in [1.54, 1.807) is 18.2 Å². The molecule has 1 fully saturated rings. The number of sulfonamides is 1. The van der Waals surface area contributed by atoms with Crippen molar-refractivity contribution in [2.24, 2.45) is 0 Å². The Morgan fingerprint density at radius 1 is 0.962 bits per heavy atom. The Hall–Kier alpha value is -4.36. The second-order valence-electron chi connectivity index (χ2n) is 12.5. The molecule has 1 aliphatic rings. The summed E-state index contributed by atoms with van der Waals surface area (Å²) in [5.74, 6) is -1.15. The average molecular weight is 788 g/mol. The summed E-state index contributed by atoms with van der Waals surface area (Å²) in [7, 11) is -3.40. The fraction of sp³-hybridized carbons (Fsp3) is 0.297. The monoisotopic (exact) mass is 786 g/mol. The number of carbonyl (C=O) groups is 2. The fourth-order valence-electron chi connectivity index (χ4n) is 6.22. The van der Waals surface area contributed by atoms with Crippen LogP contribution in [0.5, 0.6) is 5.75 Å². The van der Waals surface area contributed by atoms with Crippen molar-refractivity contribution < 1.29 is 27.7 Å². The maximum atomic E-state index is 14.9. The van der Waals surface area contributed by atoms with Gasteiger partial charge in [0, 0.05) is 51.3 Å². The van der Waals surface area contributed by atoms with E-state index in [-0.39, 0.29) is 51.1 Å². The Labute approximate surface area is 317 Å². The summed E-state index contributed by atoms with van der Waals surface area (Å²) < 4.78 is 35.4. The van der Waals surface area contributed by atoms with Gasteiger partial charge in [-0.05, 0) is 61.7 Å². The highest BCUT2D eigenvalue weighted by Gasteiger charge is 2.37. The van der Waals surface area contributed by atoms with Crippen molar-refractivity contribution in [3.63, 3.8) is 0 Å². The van der Waals surface area contributed by atoms with Crippen LogP contribution in [0.1, 0.15) is 42.4 Å². The van der Waals surface area contributed by atoms with Crippen LogP contribution in [-0.2, 0) is 32.6 Å². The maximum Gasteiger partial charge on any atom is 0.273 e. The van der Waals surface area contributed by atoms with E-state index in [0.29, 0.717) is 5.56 Å². The molecule has 2 amide bonds. The lowest BCUT2D eigenvalue weighted by Crippen LogP contribution is -2.54. The van der Waals surface area contributed by atoms with Gasteiger partial charge >= 0.3 is 0 Å². The summed E-state index contributed by atoms with van der Waals surface area (Å²) >= 11 is 19.6. The maximum absolute atomic E-state index is 14.9. The zero-order valence-electron chi connectivity index (χ0n) is 28.4. The van der Waals surface area contributed by atoms with Crippen LogP contribution in [0.3, 0.4) is 0 Å². The molecule has 4 aromatic rings. The molecular weight excluding hydrogens is 751 g/mol. The van der Waals surface area contributed by atoms with Gasteiger partial charge in [-0.2, -0.15) is 0 Å². The predicted octanol–water partition coefficient (Wildman–Crippen LogP) is 7.77. The van der Waals surface area contributed by atoms with Gasteiger partial charge in [0.2, 0.25) is 11.8 Å². The predicted molar refractivity (Wildman–Crippen MR) is 202 cm³/mol. The minimum Gasteiger partial charge on any atom is -0.495 e. The highest BCUT2D eigenvalue weighted by molar-refractivity contribution is 7.92. The van der Waals surface area contributed by atoms with Crippen LogP contribution < -0.4 is 14.4 Å². The summed E-state index contributed by atoms with van der Waals surface area (Å²) in [5.41, 5.74) is 0.829. The standard InChI is InChI=1S/C37H37Cl3N4O7S/c1-24-15-17-28(21-32(24)44(47)48)52(49,50)43(33-20-26(38)16-18-35(33)51-2)23-36(45)42(22-29-30(39)13-8-14-31(29)40)34(19-25-9-4-3-5-10-25)37(46)41-27-11-6-7-12-27/h3-5,8-10,13-18,20-21,27,34H,6-7,11-12,19,22-23H2,1-2H3,(H,41,46)/t34-/m0/s1. The third-order valence-corrected chi connectivity index (χ3v) is 11.7. The molecule has 1 saturated carbocycles. The number of aryl methyl sites for hydroxylation is 1. The summed E-state index contributed by atoms with van der Waals surface area (Å²) in [6, 6.07) is 20.5. The highest BCUT2D eigenvalue weighted by Crippen LogP contribution is 2.36. The van der Waals surface area contributed by atoms with Gasteiger partial charge in [-0.1, -0.05) is 90.1 Å². The quantitative estimate of drug-likeness (QED) is 0.102. The Morgan fingerprint density at radius 2 is 1.63 bits per heavy atom. The third-order valence-electron chi connectivity index (χ3n) is 9.02. The molecule has 0 aliphatic heterocycles. The average Bonchev–Trinajstić information content (AvgIpc) is 3.63. The summed E-state index contributed by atoms with van der Waals surface area (Å²) in [6.07, 6.45) is 3.58. The number of carbonyl (C=O) groups excluding carboxylic acids is 2. The second kappa shape index (κ2) is 17.0. The Bertz CT molecular complexity index is 2040. The Morgan fingerprint density at radius 3 is 2.27 bits per heavy atom. The molecule has 0 unspecified atom stereocenters. The smallest absolute Gasteiger partial charge is 0.273 e. The number of anilines is 1. The van der Waals surface area contributed by atoms with Gasteiger partial charge in [-0.25, -0.2) is 8.42 Å². The van der Waals surface area contributed by atoms with Crippen molar-refractivity contribution in [1.29, 1.82) is 0 Å². The van der Waals surface area contributed by atoms with Crippen molar-refractivity contribution in [1.82, 2.24) is 10.2 Å². The van der Waals surface area contributed by atoms with E-state index >= 15 is 0 Å². The lowest BCUT2D eigenvalue weighted by Gasteiger charge is -2.35. The number of rotatable bonds is 14. The number of ether oxygens (including phenoxy) is 1. The molecule has 5 rings (SSSR count). The first-order valence-corrected chi connectivity index (χ1v) is 19.1. The Balaban J connectivity index is 1.66. The summed E-state index contributed by atoms with van der Waals surface area (Å²) in [5, 5.41) is 15.6. The molecular formula is C37H37Cl3N4O7S. The van der Waals surface area contributed by atoms with Gasteiger partial charge in [0.1, 0.15) is 18.3 Å². The van der Waals surface area contributed by atoms with Gasteiger partial charge < -0.3 is 15.0 Å². The van der Waals surface area contributed by atoms with Crippen molar-refractivity contribution in [3.8, 4) is 5.75 Å².